The van der Waals surface area contributed by atoms with Gasteiger partial charge in [-0.25, -0.2) is 14.5 Å². The van der Waals surface area contributed by atoms with Crippen molar-refractivity contribution in [3.63, 3.8) is 0 Å². The van der Waals surface area contributed by atoms with Gasteiger partial charge in [0.25, 0.3) is 5.56 Å². The highest BCUT2D eigenvalue weighted by Gasteiger charge is 2.17. The van der Waals surface area contributed by atoms with Gasteiger partial charge in [0.05, 0.1) is 32.6 Å². The average Bonchev–Trinajstić information content (AvgIpc) is 2.69. The lowest BCUT2D eigenvalue weighted by atomic mass is 10.1. The van der Waals surface area contributed by atoms with Crippen LogP contribution in [0.4, 0.5) is 0 Å². The summed E-state index contributed by atoms with van der Waals surface area (Å²) in [4.78, 5) is 22.2. The number of nitrogens with zero attached hydrogens (tertiary/aromatic N) is 4. The lowest BCUT2D eigenvalue weighted by Gasteiger charge is -2.14. The van der Waals surface area contributed by atoms with Gasteiger partial charge in [-0.05, 0) is 48.5 Å². The molecule has 0 aliphatic rings. The van der Waals surface area contributed by atoms with Crippen molar-refractivity contribution in [2.75, 3.05) is 0 Å². The van der Waals surface area contributed by atoms with Crippen LogP contribution in [-0.2, 0) is 0 Å². The van der Waals surface area contributed by atoms with E-state index in [-0.39, 0.29) is 16.0 Å². The maximum atomic E-state index is 13.3. The molecule has 8 heteroatoms. The van der Waals surface area contributed by atoms with E-state index in [2.05, 4.69) is 16.0 Å². The second-order valence-corrected chi connectivity index (χ2v) is 7.16. The molecule has 4 rings (SSSR count). The first-order valence-corrected chi connectivity index (χ1v) is 9.15. The zero-order chi connectivity index (χ0) is 19.8. The number of rotatable bonds is 2. The van der Waals surface area contributed by atoms with Crippen LogP contribution in [0.2, 0.25) is 15.1 Å². The number of aromatic nitrogens is 3. The molecule has 0 amide bonds. The predicted octanol–water partition coefficient (Wildman–Crippen LogP) is 5.28. The van der Waals surface area contributed by atoms with Crippen LogP contribution in [0, 0.1) is 11.3 Å². The van der Waals surface area contributed by atoms with Gasteiger partial charge < -0.3 is 0 Å². The summed E-state index contributed by atoms with van der Waals surface area (Å²) in [6, 6.07) is 15.1. The minimum Gasteiger partial charge on any atom is -0.268 e. The zero-order valence-electron chi connectivity index (χ0n) is 14.0. The average molecular weight is 428 g/mol. The van der Waals surface area contributed by atoms with Gasteiger partial charge in [-0.3, -0.25) is 4.79 Å². The molecular formula is C20H9Cl3N4O. The highest BCUT2D eigenvalue weighted by atomic mass is 35.5. The van der Waals surface area contributed by atoms with Gasteiger partial charge in [0, 0.05) is 16.8 Å². The van der Waals surface area contributed by atoms with Crippen LogP contribution in [0.25, 0.3) is 28.1 Å². The first-order valence-electron chi connectivity index (χ1n) is 8.02. The summed E-state index contributed by atoms with van der Waals surface area (Å²) in [6.07, 6.45) is 1.45. The second kappa shape index (κ2) is 7.25. The lowest BCUT2D eigenvalue weighted by molar-refractivity contribution is 0.932. The van der Waals surface area contributed by atoms with E-state index < -0.39 is 0 Å². The molecule has 0 aliphatic carbocycles. The molecular weight excluding hydrogens is 419 g/mol. The third-order valence-electron chi connectivity index (χ3n) is 4.10. The molecule has 0 bridgehead atoms. The summed E-state index contributed by atoms with van der Waals surface area (Å²) in [5.74, 6) is 0.681. The zero-order valence-corrected chi connectivity index (χ0v) is 16.3. The summed E-state index contributed by atoms with van der Waals surface area (Å²) < 4.78 is 1.37. The Bertz CT molecular complexity index is 1310. The summed E-state index contributed by atoms with van der Waals surface area (Å²) in [5, 5.41) is 10.3. The summed E-state index contributed by atoms with van der Waals surface area (Å²) in [5.41, 5.74) is 1.08. The Kier molecular flexibility index (Phi) is 4.78. The monoisotopic (exact) mass is 426 g/mol. The molecule has 0 N–H and O–H groups in total. The third-order valence-corrected chi connectivity index (χ3v) is 4.83. The van der Waals surface area contributed by atoms with Crippen molar-refractivity contribution in [2.24, 2.45) is 0 Å². The van der Waals surface area contributed by atoms with Crippen LogP contribution in [0.1, 0.15) is 5.56 Å². The van der Waals surface area contributed by atoms with Crippen LogP contribution in [0.15, 0.2) is 59.5 Å². The normalized spacial score (nSPS) is 10.8. The third kappa shape index (κ3) is 3.23. The number of hydrogen-bond acceptors (Lipinski definition) is 4. The molecule has 0 atom stereocenters. The number of fused-ring (bicyclic) bond motifs is 1. The maximum absolute atomic E-state index is 13.3. The number of benzene rings is 2. The van der Waals surface area contributed by atoms with Gasteiger partial charge in [0.2, 0.25) is 0 Å². The van der Waals surface area contributed by atoms with E-state index in [0.29, 0.717) is 38.3 Å². The summed E-state index contributed by atoms with van der Waals surface area (Å²) in [6.45, 7) is 0. The highest BCUT2D eigenvalue weighted by molar-refractivity contribution is 6.38. The molecule has 0 saturated carbocycles. The molecule has 0 unspecified atom stereocenters. The fraction of sp³-hybridized carbons (Fsp3) is 0. The molecule has 2 aromatic carbocycles. The molecule has 136 valence electrons. The standard InChI is InChI=1S/C20H9Cl3N4O/c21-13-5-6-17(25-10-13)27-19(12-3-1-11(9-24)2-4-12)26-18-15(20(27)28)7-14(22)8-16(18)23/h1-8,10H. The second-order valence-electron chi connectivity index (χ2n) is 5.88. The Hall–Kier alpha value is -2.91. The minimum atomic E-state index is -0.372. The van der Waals surface area contributed by atoms with Crippen molar-refractivity contribution in [1.82, 2.24) is 14.5 Å². The first kappa shape index (κ1) is 18.5. The fourth-order valence-electron chi connectivity index (χ4n) is 2.82. The van der Waals surface area contributed by atoms with Gasteiger partial charge in [-0.15, -0.1) is 0 Å². The van der Waals surface area contributed by atoms with Crippen molar-refractivity contribution in [2.45, 2.75) is 0 Å². The van der Waals surface area contributed by atoms with E-state index in [0.717, 1.165) is 0 Å². The van der Waals surface area contributed by atoms with Crippen molar-refractivity contribution >= 4 is 45.7 Å². The van der Waals surface area contributed by atoms with Crippen LogP contribution in [0.3, 0.4) is 0 Å². The van der Waals surface area contributed by atoms with Crippen molar-refractivity contribution in [3.8, 4) is 23.3 Å². The smallest absolute Gasteiger partial charge is 0.267 e. The SMILES string of the molecule is N#Cc1ccc(-c2nc3c(Cl)cc(Cl)cc3c(=O)n2-c2ccc(Cl)cn2)cc1. The van der Waals surface area contributed by atoms with Gasteiger partial charge >= 0.3 is 0 Å². The first-order chi connectivity index (χ1) is 13.5. The summed E-state index contributed by atoms with van der Waals surface area (Å²) >= 11 is 18.3. The van der Waals surface area contributed by atoms with Crippen LogP contribution in [0.5, 0.6) is 0 Å². The number of nitriles is 1. The van der Waals surface area contributed by atoms with Gasteiger partial charge in [0.15, 0.2) is 0 Å². The van der Waals surface area contributed by atoms with Crippen molar-refractivity contribution in [3.05, 3.63) is 85.7 Å². The predicted molar refractivity (Wildman–Crippen MR) is 110 cm³/mol. The molecule has 0 fully saturated rings. The Morgan fingerprint density at radius 2 is 1.71 bits per heavy atom. The fourth-order valence-corrected chi connectivity index (χ4v) is 3.46. The number of halogens is 3. The lowest BCUT2D eigenvalue weighted by Crippen LogP contribution is -2.23. The minimum absolute atomic E-state index is 0.269. The van der Waals surface area contributed by atoms with Crippen LogP contribution < -0.4 is 5.56 Å². The van der Waals surface area contributed by atoms with E-state index >= 15 is 0 Å². The van der Waals surface area contributed by atoms with Gasteiger partial charge in [-0.2, -0.15) is 5.26 Å². The van der Waals surface area contributed by atoms with Crippen molar-refractivity contribution < 1.29 is 0 Å². The largest absolute Gasteiger partial charge is 0.268 e. The molecule has 0 saturated heterocycles. The molecule has 0 aliphatic heterocycles. The molecule has 5 nitrogen and oxygen atoms in total. The highest BCUT2D eigenvalue weighted by Crippen LogP contribution is 2.28. The quantitative estimate of drug-likeness (QED) is 0.436. The molecule has 2 aromatic heterocycles. The molecule has 28 heavy (non-hydrogen) atoms. The Balaban J connectivity index is 2.11. The van der Waals surface area contributed by atoms with Gasteiger partial charge in [0.1, 0.15) is 11.6 Å². The van der Waals surface area contributed by atoms with Gasteiger partial charge in [-0.1, -0.05) is 34.8 Å². The maximum Gasteiger partial charge on any atom is 0.267 e. The van der Waals surface area contributed by atoms with E-state index in [1.54, 1.807) is 36.4 Å². The summed E-state index contributed by atoms with van der Waals surface area (Å²) in [7, 11) is 0. The molecule has 4 aromatic rings. The van der Waals surface area contributed by atoms with E-state index in [4.69, 9.17) is 40.1 Å². The number of pyridine rings is 1. The van der Waals surface area contributed by atoms with Crippen LogP contribution in [-0.4, -0.2) is 14.5 Å². The van der Waals surface area contributed by atoms with E-state index in [9.17, 15) is 4.79 Å². The topological polar surface area (TPSA) is 71.6 Å². The van der Waals surface area contributed by atoms with Crippen molar-refractivity contribution in [1.29, 1.82) is 5.26 Å². The molecule has 2 heterocycles. The molecule has 0 spiro atoms. The Morgan fingerprint density at radius 1 is 0.964 bits per heavy atom. The Labute approximate surface area is 174 Å². The number of hydrogen-bond donors (Lipinski definition) is 0. The van der Waals surface area contributed by atoms with Crippen LogP contribution >= 0.6 is 34.8 Å². The molecule has 0 radical (unpaired) electrons. The Morgan fingerprint density at radius 3 is 2.36 bits per heavy atom. The van der Waals surface area contributed by atoms with E-state index in [1.807, 2.05) is 0 Å². The van der Waals surface area contributed by atoms with E-state index in [1.165, 1.54) is 22.9 Å².